The molecule has 0 saturated heterocycles. The van der Waals surface area contributed by atoms with E-state index in [9.17, 15) is 4.79 Å². The van der Waals surface area contributed by atoms with Crippen molar-refractivity contribution in [3.05, 3.63) is 40.8 Å². The summed E-state index contributed by atoms with van der Waals surface area (Å²) in [5.74, 6) is 1.71. The number of hydrogen-bond donors (Lipinski definition) is 1. The summed E-state index contributed by atoms with van der Waals surface area (Å²) in [6.45, 7) is 6.63. The van der Waals surface area contributed by atoms with E-state index >= 15 is 0 Å². The number of hydrogen-bond acceptors (Lipinski definition) is 4. The highest BCUT2D eigenvalue weighted by molar-refractivity contribution is 7.17. The third-order valence-electron chi connectivity index (χ3n) is 7.92. The molecule has 4 bridgehead atoms. The topological polar surface area (TPSA) is 47.6 Å². The fourth-order valence-electron chi connectivity index (χ4n) is 7.83. The van der Waals surface area contributed by atoms with Gasteiger partial charge in [0.15, 0.2) is 0 Å². The Morgan fingerprint density at radius 1 is 1.16 bits per heavy atom. The summed E-state index contributed by atoms with van der Waals surface area (Å²) in [7, 11) is 0. The predicted molar refractivity (Wildman–Crippen MR) is 123 cm³/mol. The van der Waals surface area contributed by atoms with Crippen molar-refractivity contribution in [1.29, 1.82) is 0 Å². The number of carbonyl (C=O) groups is 1. The Morgan fingerprint density at radius 3 is 2.71 bits per heavy atom. The zero-order valence-electron chi connectivity index (χ0n) is 18.5. The number of amides is 1. The van der Waals surface area contributed by atoms with Gasteiger partial charge in [-0.05, 0) is 73.5 Å². The molecule has 2 aromatic rings. The van der Waals surface area contributed by atoms with Crippen LogP contribution in [0.15, 0.2) is 30.3 Å². The molecular weight excluding hydrogens is 406 g/mol. The van der Waals surface area contributed by atoms with E-state index in [0.717, 1.165) is 32.5 Å². The Hall–Kier alpha value is -1.85. The van der Waals surface area contributed by atoms with E-state index in [1.54, 1.807) is 11.3 Å². The van der Waals surface area contributed by atoms with Crippen LogP contribution < -0.4 is 10.1 Å². The van der Waals surface area contributed by atoms with Crippen LogP contribution in [0.25, 0.3) is 10.4 Å². The molecule has 1 aromatic carbocycles. The largest absolute Gasteiger partial charge is 0.488 e. The van der Waals surface area contributed by atoms with E-state index < -0.39 is 0 Å². The second-order valence-electron chi connectivity index (χ2n) is 11.2. The second-order valence-corrected chi connectivity index (χ2v) is 12.2. The minimum Gasteiger partial charge on any atom is -0.488 e. The monoisotopic (exact) mass is 437 g/mol. The van der Waals surface area contributed by atoms with Crippen LogP contribution in [-0.2, 0) is 11.3 Å². The summed E-state index contributed by atoms with van der Waals surface area (Å²) in [6, 6.07) is 10.0. The van der Waals surface area contributed by atoms with E-state index in [0.29, 0.717) is 30.6 Å². The van der Waals surface area contributed by atoms with Gasteiger partial charge in [0.2, 0.25) is 0 Å². The SMILES string of the molecule is CC12CC3CC(C)(C1)CC(OCCNC(=O)c1cc4c(s1)-c1ccccc1OC4)(C3)C2. The minimum atomic E-state index is -0.00934. The molecule has 5 aliphatic rings. The Morgan fingerprint density at radius 2 is 1.94 bits per heavy atom. The zero-order valence-corrected chi connectivity index (χ0v) is 19.3. The van der Waals surface area contributed by atoms with Gasteiger partial charge in [-0.1, -0.05) is 26.0 Å². The number of para-hydroxylation sites is 1. The highest BCUT2D eigenvalue weighted by Gasteiger charge is 2.60. The fraction of sp³-hybridized carbons (Fsp3) is 0.577. The van der Waals surface area contributed by atoms with Gasteiger partial charge in [0, 0.05) is 22.5 Å². The van der Waals surface area contributed by atoms with Crippen molar-refractivity contribution < 1.29 is 14.3 Å². The third kappa shape index (κ3) is 3.41. The average Bonchev–Trinajstić information content (AvgIpc) is 3.13. The van der Waals surface area contributed by atoms with Gasteiger partial charge in [-0.25, -0.2) is 0 Å². The first-order chi connectivity index (χ1) is 14.8. The lowest BCUT2D eigenvalue weighted by Crippen LogP contribution is -2.59. The van der Waals surface area contributed by atoms with Gasteiger partial charge in [0.1, 0.15) is 12.4 Å². The smallest absolute Gasteiger partial charge is 0.261 e. The first kappa shape index (κ1) is 19.8. The number of rotatable bonds is 5. The molecule has 0 spiro atoms. The van der Waals surface area contributed by atoms with Crippen LogP contribution in [0.4, 0.5) is 0 Å². The molecule has 1 aromatic heterocycles. The molecule has 2 atom stereocenters. The van der Waals surface area contributed by atoms with Gasteiger partial charge in [0.05, 0.1) is 17.1 Å². The quantitative estimate of drug-likeness (QED) is 0.601. The molecular formula is C26H31NO3S. The second kappa shape index (κ2) is 6.82. The first-order valence-electron chi connectivity index (χ1n) is 11.6. The van der Waals surface area contributed by atoms with Gasteiger partial charge in [-0.3, -0.25) is 4.79 Å². The summed E-state index contributed by atoms with van der Waals surface area (Å²) in [4.78, 5) is 14.7. The summed E-state index contributed by atoms with van der Waals surface area (Å²) >= 11 is 1.56. The molecule has 31 heavy (non-hydrogen) atoms. The Kier molecular flexibility index (Phi) is 4.36. The number of fused-ring (bicyclic) bond motifs is 3. The summed E-state index contributed by atoms with van der Waals surface area (Å²) < 4.78 is 12.4. The maximum atomic E-state index is 12.8. The normalized spacial score (nSPS) is 34.7. The summed E-state index contributed by atoms with van der Waals surface area (Å²) in [5, 5.41) is 3.09. The summed E-state index contributed by atoms with van der Waals surface area (Å²) in [6.07, 6.45) is 7.70. The van der Waals surface area contributed by atoms with Crippen LogP contribution in [0.5, 0.6) is 5.75 Å². The zero-order chi connectivity index (χ0) is 21.3. The highest BCUT2D eigenvalue weighted by Crippen LogP contribution is 2.67. The van der Waals surface area contributed by atoms with E-state index in [1.165, 1.54) is 38.5 Å². The lowest BCUT2D eigenvalue weighted by Gasteiger charge is -2.65. The molecule has 7 rings (SSSR count). The molecule has 1 N–H and O–H groups in total. The van der Waals surface area contributed by atoms with E-state index in [2.05, 4.69) is 25.2 Å². The van der Waals surface area contributed by atoms with E-state index in [-0.39, 0.29) is 11.5 Å². The van der Waals surface area contributed by atoms with Crippen LogP contribution in [0.2, 0.25) is 0 Å². The van der Waals surface area contributed by atoms with Gasteiger partial charge < -0.3 is 14.8 Å². The van der Waals surface area contributed by atoms with Crippen LogP contribution in [0, 0.1) is 16.7 Å². The Bertz CT molecular complexity index is 1030. The van der Waals surface area contributed by atoms with Crippen molar-refractivity contribution in [2.24, 2.45) is 16.7 Å². The Labute approximate surface area is 188 Å². The van der Waals surface area contributed by atoms with Crippen molar-refractivity contribution in [2.75, 3.05) is 13.2 Å². The van der Waals surface area contributed by atoms with Crippen molar-refractivity contribution >= 4 is 17.2 Å². The van der Waals surface area contributed by atoms with Gasteiger partial charge >= 0.3 is 0 Å². The van der Waals surface area contributed by atoms with Crippen LogP contribution in [0.3, 0.4) is 0 Å². The van der Waals surface area contributed by atoms with Crippen molar-refractivity contribution in [1.82, 2.24) is 5.32 Å². The van der Waals surface area contributed by atoms with Gasteiger partial charge in [0.25, 0.3) is 5.91 Å². The maximum absolute atomic E-state index is 12.8. The molecule has 2 heterocycles. The highest BCUT2D eigenvalue weighted by atomic mass is 32.1. The fourth-order valence-corrected chi connectivity index (χ4v) is 8.95. The van der Waals surface area contributed by atoms with E-state index in [1.807, 2.05) is 24.3 Å². The van der Waals surface area contributed by atoms with Crippen LogP contribution >= 0.6 is 11.3 Å². The number of thiophene rings is 1. The van der Waals surface area contributed by atoms with Crippen LogP contribution in [-0.4, -0.2) is 24.7 Å². The van der Waals surface area contributed by atoms with E-state index in [4.69, 9.17) is 9.47 Å². The molecule has 164 valence electrons. The number of carbonyl (C=O) groups excluding carboxylic acids is 1. The number of nitrogens with one attached hydrogen (secondary N) is 1. The molecule has 5 heteroatoms. The minimum absolute atomic E-state index is 0.00934. The molecule has 4 fully saturated rings. The Balaban J connectivity index is 1.08. The summed E-state index contributed by atoms with van der Waals surface area (Å²) in [5.41, 5.74) is 3.12. The average molecular weight is 438 g/mol. The molecule has 2 unspecified atom stereocenters. The van der Waals surface area contributed by atoms with Crippen molar-refractivity contribution in [3.8, 4) is 16.2 Å². The van der Waals surface area contributed by atoms with Crippen molar-refractivity contribution in [2.45, 2.75) is 64.6 Å². The molecule has 1 amide bonds. The third-order valence-corrected chi connectivity index (χ3v) is 9.13. The van der Waals surface area contributed by atoms with Gasteiger partial charge in [-0.2, -0.15) is 0 Å². The molecule has 0 radical (unpaired) electrons. The molecule has 4 aliphatic carbocycles. The molecule has 1 aliphatic heterocycles. The maximum Gasteiger partial charge on any atom is 0.261 e. The number of benzene rings is 1. The first-order valence-corrected chi connectivity index (χ1v) is 12.4. The lowest BCUT2D eigenvalue weighted by molar-refractivity contribution is -0.213. The van der Waals surface area contributed by atoms with Crippen LogP contribution in [0.1, 0.15) is 67.6 Å². The standard InChI is InChI=1S/C26H31NO3S/c1-24-10-17-11-25(2,14-24)16-26(12-17,15-24)30-8-7-27-23(28)21-9-18-13-29-20-6-4-3-5-19(20)22(18)31-21/h3-6,9,17H,7-8,10-16H2,1-2H3,(H,27,28). The predicted octanol–water partition coefficient (Wildman–Crippen LogP) is 5.80. The van der Waals surface area contributed by atoms with Crippen molar-refractivity contribution in [3.63, 3.8) is 0 Å². The number of ether oxygens (including phenoxy) is 2. The molecule has 4 nitrogen and oxygen atoms in total. The van der Waals surface area contributed by atoms with Gasteiger partial charge in [-0.15, -0.1) is 11.3 Å². The lowest BCUT2D eigenvalue weighted by atomic mass is 9.43. The molecule has 4 saturated carbocycles.